The Labute approximate surface area is 185 Å². The standard InChI is InChI=1S/C25H34N4O2/c1-19(2)24(30)28-23-11-9-20(10-12-23)15-27-25(26-3)29-14-13-22(16-29)18-31-17-21-7-5-4-6-8-21/h4-12,19,22H,13-18H2,1-3H3,(H,26,27)(H,28,30). The SMILES string of the molecule is CN=C(NCc1ccc(NC(=O)C(C)C)cc1)N1CCC(COCc2ccccc2)C1. The van der Waals surface area contributed by atoms with Crippen molar-refractivity contribution in [2.75, 3.05) is 32.1 Å². The van der Waals surface area contributed by atoms with Crippen LogP contribution in [-0.2, 0) is 22.7 Å². The molecule has 1 atom stereocenters. The lowest BCUT2D eigenvalue weighted by molar-refractivity contribution is -0.118. The number of guanidine groups is 1. The van der Waals surface area contributed by atoms with Crippen LogP contribution in [0.4, 0.5) is 5.69 Å². The summed E-state index contributed by atoms with van der Waals surface area (Å²) in [5, 5.41) is 6.37. The second kappa shape index (κ2) is 11.5. The Morgan fingerprint density at radius 2 is 1.87 bits per heavy atom. The fourth-order valence-corrected chi connectivity index (χ4v) is 3.58. The quantitative estimate of drug-likeness (QED) is 0.500. The molecule has 1 heterocycles. The number of anilines is 1. The van der Waals surface area contributed by atoms with Crippen LogP contribution in [0.5, 0.6) is 0 Å². The average molecular weight is 423 g/mol. The summed E-state index contributed by atoms with van der Waals surface area (Å²) in [5.74, 6) is 1.44. The number of rotatable bonds is 8. The molecule has 31 heavy (non-hydrogen) atoms. The van der Waals surface area contributed by atoms with Gasteiger partial charge in [0.15, 0.2) is 5.96 Å². The number of nitrogens with zero attached hydrogens (tertiary/aromatic N) is 2. The fraction of sp³-hybridized carbons (Fsp3) is 0.440. The van der Waals surface area contributed by atoms with Crippen molar-refractivity contribution in [2.24, 2.45) is 16.8 Å². The number of ether oxygens (including phenoxy) is 1. The van der Waals surface area contributed by atoms with Crippen LogP contribution in [-0.4, -0.2) is 43.5 Å². The number of carbonyl (C=O) groups is 1. The Kier molecular flexibility index (Phi) is 8.47. The van der Waals surface area contributed by atoms with Crippen molar-refractivity contribution in [1.29, 1.82) is 0 Å². The molecule has 1 aliphatic heterocycles. The van der Waals surface area contributed by atoms with Crippen molar-refractivity contribution in [3.8, 4) is 0 Å². The molecule has 2 aromatic carbocycles. The Hall–Kier alpha value is -2.86. The van der Waals surface area contributed by atoms with Gasteiger partial charge in [-0.2, -0.15) is 0 Å². The number of hydrogen-bond acceptors (Lipinski definition) is 3. The van der Waals surface area contributed by atoms with Gasteiger partial charge < -0.3 is 20.3 Å². The minimum Gasteiger partial charge on any atom is -0.376 e. The molecule has 6 heteroatoms. The molecule has 1 saturated heterocycles. The third kappa shape index (κ3) is 7.10. The molecule has 0 radical (unpaired) electrons. The molecule has 1 aliphatic rings. The van der Waals surface area contributed by atoms with E-state index in [1.165, 1.54) is 5.56 Å². The maximum atomic E-state index is 11.8. The lowest BCUT2D eigenvalue weighted by Crippen LogP contribution is -2.39. The minimum absolute atomic E-state index is 0.0299. The molecule has 0 bridgehead atoms. The van der Waals surface area contributed by atoms with Gasteiger partial charge in [0.1, 0.15) is 0 Å². The zero-order chi connectivity index (χ0) is 22.1. The van der Waals surface area contributed by atoms with E-state index < -0.39 is 0 Å². The Morgan fingerprint density at radius 1 is 1.13 bits per heavy atom. The van der Waals surface area contributed by atoms with Gasteiger partial charge in [-0.25, -0.2) is 0 Å². The third-order valence-electron chi connectivity index (χ3n) is 5.46. The van der Waals surface area contributed by atoms with E-state index in [-0.39, 0.29) is 11.8 Å². The normalized spacial score (nSPS) is 16.6. The van der Waals surface area contributed by atoms with Gasteiger partial charge >= 0.3 is 0 Å². The van der Waals surface area contributed by atoms with E-state index in [1.54, 1.807) is 0 Å². The highest BCUT2D eigenvalue weighted by molar-refractivity contribution is 5.92. The van der Waals surface area contributed by atoms with Gasteiger partial charge in [-0.1, -0.05) is 56.3 Å². The van der Waals surface area contributed by atoms with Crippen LogP contribution in [0.25, 0.3) is 0 Å². The third-order valence-corrected chi connectivity index (χ3v) is 5.46. The van der Waals surface area contributed by atoms with E-state index in [0.717, 1.165) is 43.3 Å². The molecule has 3 rings (SSSR count). The van der Waals surface area contributed by atoms with E-state index in [0.29, 0.717) is 19.1 Å². The van der Waals surface area contributed by atoms with Crippen molar-refractivity contribution >= 4 is 17.6 Å². The molecule has 1 unspecified atom stereocenters. The average Bonchev–Trinajstić information content (AvgIpc) is 3.24. The highest BCUT2D eigenvalue weighted by Gasteiger charge is 2.25. The first-order valence-corrected chi connectivity index (χ1v) is 11.0. The maximum absolute atomic E-state index is 11.8. The van der Waals surface area contributed by atoms with Crippen LogP contribution in [0.3, 0.4) is 0 Å². The summed E-state index contributed by atoms with van der Waals surface area (Å²) in [4.78, 5) is 18.6. The summed E-state index contributed by atoms with van der Waals surface area (Å²) in [6.45, 7) is 7.84. The first-order valence-electron chi connectivity index (χ1n) is 11.0. The number of nitrogens with one attached hydrogen (secondary N) is 2. The van der Waals surface area contributed by atoms with Crippen molar-refractivity contribution in [2.45, 2.75) is 33.4 Å². The molecule has 1 fully saturated rings. The molecule has 166 valence electrons. The number of carbonyl (C=O) groups excluding carboxylic acids is 1. The Bertz CT molecular complexity index is 850. The first-order chi connectivity index (χ1) is 15.0. The lowest BCUT2D eigenvalue weighted by atomic mass is 10.1. The molecule has 0 aromatic heterocycles. The number of hydrogen-bond donors (Lipinski definition) is 2. The second-order valence-electron chi connectivity index (χ2n) is 8.34. The van der Waals surface area contributed by atoms with Crippen LogP contribution in [0.1, 0.15) is 31.4 Å². The smallest absolute Gasteiger partial charge is 0.226 e. The summed E-state index contributed by atoms with van der Waals surface area (Å²) in [6, 6.07) is 18.2. The highest BCUT2D eigenvalue weighted by atomic mass is 16.5. The van der Waals surface area contributed by atoms with Crippen molar-refractivity contribution in [3.05, 3.63) is 65.7 Å². The molecule has 6 nitrogen and oxygen atoms in total. The molecule has 0 aliphatic carbocycles. The van der Waals surface area contributed by atoms with E-state index >= 15 is 0 Å². The number of likely N-dealkylation sites (tertiary alicyclic amines) is 1. The second-order valence-corrected chi connectivity index (χ2v) is 8.34. The van der Waals surface area contributed by atoms with Gasteiger partial charge in [0.2, 0.25) is 5.91 Å². The van der Waals surface area contributed by atoms with E-state index in [4.69, 9.17) is 4.74 Å². The van der Waals surface area contributed by atoms with Gasteiger partial charge in [-0.3, -0.25) is 9.79 Å². The molecular weight excluding hydrogens is 388 g/mol. The summed E-state index contributed by atoms with van der Waals surface area (Å²) < 4.78 is 5.93. The van der Waals surface area contributed by atoms with Gasteiger partial charge in [-0.15, -0.1) is 0 Å². The maximum Gasteiger partial charge on any atom is 0.226 e. The van der Waals surface area contributed by atoms with Gasteiger partial charge in [0, 0.05) is 44.2 Å². The summed E-state index contributed by atoms with van der Waals surface area (Å²) in [6.07, 6.45) is 1.11. The van der Waals surface area contributed by atoms with Crippen LogP contribution >= 0.6 is 0 Å². The lowest BCUT2D eigenvalue weighted by Gasteiger charge is -2.22. The van der Waals surface area contributed by atoms with Gasteiger partial charge in [-0.05, 0) is 29.7 Å². The zero-order valence-electron chi connectivity index (χ0n) is 18.8. The van der Waals surface area contributed by atoms with Gasteiger partial charge in [0.25, 0.3) is 0 Å². The van der Waals surface area contributed by atoms with Crippen molar-refractivity contribution < 1.29 is 9.53 Å². The van der Waals surface area contributed by atoms with Crippen molar-refractivity contribution in [3.63, 3.8) is 0 Å². The van der Waals surface area contributed by atoms with Crippen molar-refractivity contribution in [1.82, 2.24) is 10.2 Å². The number of benzene rings is 2. The van der Waals surface area contributed by atoms with E-state index in [1.807, 2.05) is 63.4 Å². The van der Waals surface area contributed by atoms with Crippen LogP contribution in [0, 0.1) is 11.8 Å². The van der Waals surface area contributed by atoms with Crippen LogP contribution in [0.15, 0.2) is 59.6 Å². The number of amides is 1. The zero-order valence-corrected chi connectivity index (χ0v) is 18.8. The van der Waals surface area contributed by atoms with Crippen LogP contribution in [0.2, 0.25) is 0 Å². The number of aliphatic imine (C=N–C) groups is 1. The molecule has 2 N–H and O–H groups in total. The largest absolute Gasteiger partial charge is 0.376 e. The summed E-state index contributed by atoms with van der Waals surface area (Å²) in [7, 11) is 1.83. The van der Waals surface area contributed by atoms with Gasteiger partial charge in [0.05, 0.1) is 13.2 Å². The Balaban J connectivity index is 1.41. The monoisotopic (exact) mass is 422 g/mol. The van der Waals surface area contributed by atoms with E-state index in [9.17, 15) is 4.79 Å². The Morgan fingerprint density at radius 3 is 2.55 bits per heavy atom. The molecule has 1 amide bonds. The molecule has 2 aromatic rings. The minimum atomic E-state index is -0.0299. The molecular formula is C25H34N4O2. The predicted molar refractivity (Wildman–Crippen MR) is 126 cm³/mol. The summed E-state index contributed by atoms with van der Waals surface area (Å²) in [5.41, 5.74) is 3.18. The summed E-state index contributed by atoms with van der Waals surface area (Å²) >= 11 is 0. The molecule has 0 spiro atoms. The first kappa shape index (κ1) is 22.8. The fourth-order valence-electron chi connectivity index (χ4n) is 3.58. The predicted octanol–water partition coefficient (Wildman–Crippen LogP) is 3.90. The van der Waals surface area contributed by atoms with E-state index in [2.05, 4.69) is 32.7 Å². The van der Waals surface area contributed by atoms with Crippen LogP contribution < -0.4 is 10.6 Å². The molecule has 0 saturated carbocycles. The highest BCUT2D eigenvalue weighted by Crippen LogP contribution is 2.18. The topological polar surface area (TPSA) is 66.0 Å².